The van der Waals surface area contributed by atoms with Crippen molar-refractivity contribution in [2.75, 3.05) is 5.73 Å². The van der Waals surface area contributed by atoms with Crippen LogP contribution in [-0.4, -0.2) is 10.1 Å². The van der Waals surface area contributed by atoms with E-state index in [1.165, 1.54) is 0 Å². The Morgan fingerprint density at radius 3 is 2.14 bits per heavy atom. The average molecular weight is 287 g/mol. The largest absolute Gasteiger partial charge is 0.367 e. The van der Waals surface area contributed by atoms with Gasteiger partial charge in [0.15, 0.2) is 0 Å². The van der Waals surface area contributed by atoms with Crippen LogP contribution in [0.2, 0.25) is 0 Å². The first-order chi connectivity index (χ1) is 10.8. The Kier molecular flexibility index (Phi) is 2.86. The molecule has 0 unspecified atom stereocenters. The first-order valence-corrected chi connectivity index (χ1v) is 6.99. The predicted molar refractivity (Wildman–Crippen MR) is 87.1 cm³/mol. The lowest BCUT2D eigenvalue weighted by molar-refractivity contribution is 0.443. The standard InChI is InChI=1S/C18H13N3O/c19-17-16-14(12-7-3-1-4-8-12)11-15(20-18(16)21-22-17)13-9-5-2-6-10-13/h1-11H,19H2. The molecule has 2 aromatic carbocycles. The van der Waals surface area contributed by atoms with Crippen molar-refractivity contribution in [1.82, 2.24) is 10.1 Å². The summed E-state index contributed by atoms with van der Waals surface area (Å²) in [5, 5.41) is 4.73. The van der Waals surface area contributed by atoms with E-state index in [2.05, 4.69) is 10.1 Å². The van der Waals surface area contributed by atoms with E-state index in [4.69, 9.17) is 10.3 Å². The number of aromatic nitrogens is 2. The highest BCUT2D eigenvalue weighted by molar-refractivity contribution is 6.00. The zero-order valence-corrected chi connectivity index (χ0v) is 11.7. The van der Waals surface area contributed by atoms with Gasteiger partial charge in [-0.1, -0.05) is 65.8 Å². The number of rotatable bonds is 2. The third-order valence-electron chi connectivity index (χ3n) is 3.63. The Morgan fingerprint density at radius 2 is 1.45 bits per heavy atom. The van der Waals surface area contributed by atoms with Gasteiger partial charge in [0.05, 0.1) is 11.1 Å². The van der Waals surface area contributed by atoms with Gasteiger partial charge in [0, 0.05) is 11.1 Å². The van der Waals surface area contributed by atoms with Gasteiger partial charge in [-0.3, -0.25) is 0 Å². The molecule has 4 rings (SSSR count). The monoisotopic (exact) mass is 287 g/mol. The molecule has 2 N–H and O–H groups in total. The number of nitrogens with zero attached hydrogens (tertiary/aromatic N) is 2. The molecule has 0 amide bonds. The maximum atomic E-state index is 5.93. The molecule has 0 aliphatic heterocycles. The van der Waals surface area contributed by atoms with Gasteiger partial charge in [0.1, 0.15) is 0 Å². The summed E-state index contributed by atoms with van der Waals surface area (Å²) in [4.78, 5) is 4.57. The SMILES string of the molecule is Nc1onc2nc(-c3ccccc3)cc(-c3ccccc3)c12. The molecule has 0 radical (unpaired) electrons. The molecule has 0 bridgehead atoms. The van der Waals surface area contributed by atoms with Gasteiger partial charge in [0.2, 0.25) is 11.5 Å². The lowest BCUT2D eigenvalue weighted by atomic mass is 10.0. The van der Waals surface area contributed by atoms with Gasteiger partial charge in [-0.25, -0.2) is 4.98 Å². The minimum atomic E-state index is 0.293. The second kappa shape index (κ2) is 5.00. The molecule has 0 saturated carbocycles. The third-order valence-corrected chi connectivity index (χ3v) is 3.63. The number of hydrogen-bond donors (Lipinski definition) is 1. The molecule has 4 heteroatoms. The summed E-state index contributed by atoms with van der Waals surface area (Å²) in [6, 6.07) is 22.1. The van der Waals surface area contributed by atoms with Crippen molar-refractivity contribution in [3.63, 3.8) is 0 Å². The van der Waals surface area contributed by atoms with Crippen LogP contribution in [0.25, 0.3) is 33.4 Å². The molecule has 0 spiro atoms. The van der Waals surface area contributed by atoms with E-state index in [-0.39, 0.29) is 0 Å². The van der Waals surface area contributed by atoms with Crippen LogP contribution in [-0.2, 0) is 0 Å². The fourth-order valence-electron chi connectivity index (χ4n) is 2.58. The Labute approximate surface area is 127 Å². The highest BCUT2D eigenvalue weighted by Crippen LogP contribution is 2.34. The number of hydrogen-bond acceptors (Lipinski definition) is 4. The first-order valence-electron chi connectivity index (χ1n) is 6.99. The smallest absolute Gasteiger partial charge is 0.232 e. The number of anilines is 1. The number of nitrogens with two attached hydrogens (primary N) is 1. The van der Waals surface area contributed by atoms with Crippen LogP contribution in [0.15, 0.2) is 71.3 Å². The van der Waals surface area contributed by atoms with Crippen LogP contribution in [0, 0.1) is 0 Å². The van der Waals surface area contributed by atoms with Crippen molar-refractivity contribution < 1.29 is 4.52 Å². The molecule has 22 heavy (non-hydrogen) atoms. The van der Waals surface area contributed by atoms with Crippen molar-refractivity contribution in [3.05, 3.63) is 66.7 Å². The minimum absolute atomic E-state index is 0.293. The van der Waals surface area contributed by atoms with Crippen molar-refractivity contribution in [2.24, 2.45) is 0 Å². The zero-order valence-electron chi connectivity index (χ0n) is 11.7. The Hall–Kier alpha value is -3.14. The summed E-state index contributed by atoms with van der Waals surface area (Å²) in [5.74, 6) is 0.293. The fraction of sp³-hybridized carbons (Fsp3) is 0. The molecule has 4 aromatic rings. The molecular weight excluding hydrogens is 274 g/mol. The van der Waals surface area contributed by atoms with Gasteiger partial charge in [-0.05, 0) is 11.6 Å². The lowest BCUT2D eigenvalue weighted by Gasteiger charge is -2.07. The van der Waals surface area contributed by atoms with E-state index in [9.17, 15) is 0 Å². The van der Waals surface area contributed by atoms with Gasteiger partial charge in [0.25, 0.3) is 0 Å². The van der Waals surface area contributed by atoms with Gasteiger partial charge in [-0.15, -0.1) is 0 Å². The number of fused-ring (bicyclic) bond motifs is 1. The Balaban J connectivity index is 2.03. The molecule has 0 aliphatic carbocycles. The second-order valence-corrected chi connectivity index (χ2v) is 5.03. The molecular formula is C18H13N3O. The minimum Gasteiger partial charge on any atom is -0.367 e. The molecule has 0 atom stereocenters. The second-order valence-electron chi connectivity index (χ2n) is 5.03. The number of nitrogen functional groups attached to an aromatic ring is 1. The zero-order chi connectivity index (χ0) is 14.9. The summed E-state index contributed by atoms with van der Waals surface area (Å²) in [6.07, 6.45) is 0. The summed E-state index contributed by atoms with van der Waals surface area (Å²) in [5.41, 5.74) is 10.4. The summed E-state index contributed by atoms with van der Waals surface area (Å²) in [7, 11) is 0. The van der Waals surface area contributed by atoms with E-state index < -0.39 is 0 Å². The van der Waals surface area contributed by atoms with Crippen LogP contribution in [0.5, 0.6) is 0 Å². The third kappa shape index (κ3) is 2.02. The summed E-state index contributed by atoms with van der Waals surface area (Å²) in [6.45, 7) is 0. The maximum Gasteiger partial charge on any atom is 0.232 e. The van der Waals surface area contributed by atoms with Crippen LogP contribution in [0.3, 0.4) is 0 Å². The predicted octanol–water partition coefficient (Wildman–Crippen LogP) is 4.14. The maximum absolute atomic E-state index is 5.93. The summed E-state index contributed by atoms with van der Waals surface area (Å²) >= 11 is 0. The van der Waals surface area contributed by atoms with E-state index in [0.29, 0.717) is 11.5 Å². The highest BCUT2D eigenvalue weighted by Gasteiger charge is 2.15. The molecule has 0 aliphatic rings. The topological polar surface area (TPSA) is 64.9 Å². The molecule has 0 saturated heterocycles. The number of pyridine rings is 1. The van der Waals surface area contributed by atoms with E-state index in [1.54, 1.807) is 0 Å². The van der Waals surface area contributed by atoms with Crippen molar-refractivity contribution in [1.29, 1.82) is 0 Å². The Bertz CT molecular complexity index is 931. The highest BCUT2D eigenvalue weighted by atomic mass is 16.5. The van der Waals surface area contributed by atoms with Crippen LogP contribution in [0.1, 0.15) is 0 Å². The van der Waals surface area contributed by atoms with Crippen LogP contribution >= 0.6 is 0 Å². The normalized spacial score (nSPS) is 10.9. The first kappa shape index (κ1) is 12.6. The van der Waals surface area contributed by atoms with Crippen LogP contribution < -0.4 is 5.73 Å². The van der Waals surface area contributed by atoms with Crippen LogP contribution in [0.4, 0.5) is 5.88 Å². The van der Waals surface area contributed by atoms with E-state index >= 15 is 0 Å². The van der Waals surface area contributed by atoms with Gasteiger partial charge < -0.3 is 10.3 Å². The van der Waals surface area contributed by atoms with Crippen molar-refractivity contribution in [2.45, 2.75) is 0 Å². The quantitative estimate of drug-likeness (QED) is 0.601. The summed E-state index contributed by atoms with van der Waals surface area (Å²) < 4.78 is 5.13. The molecule has 0 fully saturated rings. The van der Waals surface area contributed by atoms with E-state index in [0.717, 1.165) is 27.8 Å². The van der Waals surface area contributed by atoms with E-state index in [1.807, 2.05) is 66.7 Å². The molecule has 106 valence electrons. The number of benzene rings is 2. The van der Waals surface area contributed by atoms with Gasteiger partial charge >= 0.3 is 0 Å². The average Bonchev–Trinajstić information content (AvgIpc) is 2.97. The molecule has 2 aromatic heterocycles. The fourth-order valence-corrected chi connectivity index (χ4v) is 2.58. The van der Waals surface area contributed by atoms with Crippen molar-refractivity contribution >= 4 is 16.9 Å². The molecule has 2 heterocycles. The van der Waals surface area contributed by atoms with Crippen molar-refractivity contribution in [3.8, 4) is 22.4 Å². The lowest BCUT2D eigenvalue weighted by Crippen LogP contribution is -1.90. The molecule has 4 nitrogen and oxygen atoms in total. The van der Waals surface area contributed by atoms with Gasteiger partial charge in [-0.2, -0.15) is 0 Å². The Morgan fingerprint density at radius 1 is 0.818 bits per heavy atom.